The van der Waals surface area contributed by atoms with Crippen LogP contribution in [0.2, 0.25) is 0 Å². The van der Waals surface area contributed by atoms with Crippen molar-refractivity contribution in [2.45, 2.75) is 25.9 Å². The molecule has 1 saturated heterocycles. The quantitative estimate of drug-likeness (QED) is 0.689. The SMILES string of the molecule is CCS(=O)(=O)CCC1CNCCC1O. The normalized spacial score (nSPS) is 29.0. The second-order valence-corrected chi connectivity index (χ2v) is 6.32. The van der Waals surface area contributed by atoms with Crippen LogP contribution in [0.1, 0.15) is 19.8 Å². The monoisotopic (exact) mass is 221 g/mol. The van der Waals surface area contributed by atoms with Gasteiger partial charge in [-0.1, -0.05) is 6.92 Å². The molecular formula is C9H19NO3S. The number of hydrogen-bond acceptors (Lipinski definition) is 4. The minimum Gasteiger partial charge on any atom is -0.393 e. The number of aliphatic hydroxyl groups excluding tert-OH is 1. The molecule has 1 aliphatic heterocycles. The standard InChI is InChI=1S/C9H19NO3S/c1-2-14(12,13)6-4-8-7-10-5-3-9(8)11/h8-11H,2-7H2,1H3. The molecule has 0 bridgehead atoms. The first-order valence-corrected chi connectivity index (χ1v) is 6.96. The topological polar surface area (TPSA) is 66.4 Å². The highest BCUT2D eigenvalue weighted by molar-refractivity contribution is 7.91. The van der Waals surface area contributed by atoms with Crippen molar-refractivity contribution in [3.8, 4) is 0 Å². The molecule has 0 aromatic heterocycles. The van der Waals surface area contributed by atoms with Gasteiger partial charge >= 0.3 is 0 Å². The zero-order valence-corrected chi connectivity index (χ0v) is 9.39. The van der Waals surface area contributed by atoms with E-state index >= 15 is 0 Å². The Morgan fingerprint density at radius 2 is 2.21 bits per heavy atom. The fourth-order valence-electron chi connectivity index (χ4n) is 1.68. The van der Waals surface area contributed by atoms with Crippen LogP contribution in [0.3, 0.4) is 0 Å². The predicted octanol–water partition coefficient (Wildman–Crippen LogP) is -0.218. The molecular weight excluding hydrogens is 202 g/mol. The van der Waals surface area contributed by atoms with Crippen molar-refractivity contribution in [1.82, 2.24) is 5.32 Å². The lowest BCUT2D eigenvalue weighted by molar-refractivity contribution is 0.0775. The van der Waals surface area contributed by atoms with E-state index in [1.54, 1.807) is 6.92 Å². The van der Waals surface area contributed by atoms with E-state index in [0.29, 0.717) is 6.42 Å². The van der Waals surface area contributed by atoms with E-state index in [2.05, 4.69) is 5.32 Å². The molecule has 1 fully saturated rings. The van der Waals surface area contributed by atoms with Gasteiger partial charge in [0.1, 0.15) is 9.84 Å². The maximum Gasteiger partial charge on any atom is 0.150 e. The van der Waals surface area contributed by atoms with Gasteiger partial charge < -0.3 is 10.4 Å². The van der Waals surface area contributed by atoms with Crippen LogP contribution in [-0.4, -0.2) is 44.2 Å². The van der Waals surface area contributed by atoms with Gasteiger partial charge in [0.25, 0.3) is 0 Å². The molecule has 0 radical (unpaired) electrons. The molecule has 1 aliphatic rings. The van der Waals surface area contributed by atoms with Crippen molar-refractivity contribution < 1.29 is 13.5 Å². The number of rotatable bonds is 4. The van der Waals surface area contributed by atoms with Crippen LogP contribution >= 0.6 is 0 Å². The zero-order valence-electron chi connectivity index (χ0n) is 8.57. The third kappa shape index (κ3) is 3.55. The van der Waals surface area contributed by atoms with Crippen LogP contribution in [-0.2, 0) is 9.84 Å². The smallest absolute Gasteiger partial charge is 0.150 e. The summed E-state index contributed by atoms with van der Waals surface area (Å²) in [7, 11) is -2.88. The van der Waals surface area contributed by atoms with Gasteiger partial charge in [-0.3, -0.25) is 0 Å². The maximum absolute atomic E-state index is 11.2. The van der Waals surface area contributed by atoms with Crippen LogP contribution in [0, 0.1) is 5.92 Å². The van der Waals surface area contributed by atoms with E-state index in [1.165, 1.54) is 0 Å². The van der Waals surface area contributed by atoms with Crippen LogP contribution in [0.15, 0.2) is 0 Å². The summed E-state index contributed by atoms with van der Waals surface area (Å²) in [5.41, 5.74) is 0. The molecule has 0 amide bonds. The second kappa shape index (κ2) is 5.09. The summed E-state index contributed by atoms with van der Waals surface area (Å²) in [6.45, 7) is 3.23. The average molecular weight is 221 g/mol. The third-order valence-corrected chi connectivity index (χ3v) is 4.54. The molecule has 2 N–H and O–H groups in total. The first-order chi connectivity index (χ1) is 6.55. The minimum absolute atomic E-state index is 0.102. The Kier molecular flexibility index (Phi) is 4.34. The Morgan fingerprint density at radius 1 is 1.50 bits per heavy atom. The second-order valence-electron chi connectivity index (χ2n) is 3.85. The number of hydrogen-bond donors (Lipinski definition) is 2. The summed E-state index contributed by atoms with van der Waals surface area (Å²) < 4.78 is 22.5. The molecule has 0 saturated carbocycles. The molecule has 4 nitrogen and oxygen atoms in total. The summed E-state index contributed by atoms with van der Waals surface area (Å²) >= 11 is 0. The molecule has 0 aromatic rings. The van der Waals surface area contributed by atoms with Crippen molar-refractivity contribution in [3.63, 3.8) is 0 Å². The Morgan fingerprint density at radius 3 is 2.79 bits per heavy atom. The summed E-state index contributed by atoms with van der Waals surface area (Å²) in [6, 6.07) is 0. The lowest BCUT2D eigenvalue weighted by Gasteiger charge is -2.28. The highest BCUT2D eigenvalue weighted by Crippen LogP contribution is 2.16. The maximum atomic E-state index is 11.2. The molecule has 2 atom stereocenters. The highest BCUT2D eigenvalue weighted by Gasteiger charge is 2.24. The minimum atomic E-state index is -2.88. The van der Waals surface area contributed by atoms with Gasteiger partial charge in [0.2, 0.25) is 0 Å². The van der Waals surface area contributed by atoms with Crippen LogP contribution in [0.4, 0.5) is 0 Å². The molecule has 0 aliphatic carbocycles. The third-order valence-electron chi connectivity index (χ3n) is 2.81. The lowest BCUT2D eigenvalue weighted by Crippen LogP contribution is -2.40. The number of nitrogens with one attached hydrogen (secondary N) is 1. The Bertz CT molecular complexity index is 263. The summed E-state index contributed by atoms with van der Waals surface area (Å²) in [5.74, 6) is 0.501. The summed E-state index contributed by atoms with van der Waals surface area (Å²) in [6.07, 6.45) is 0.976. The van der Waals surface area contributed by atoms with E-state index in [-0.39, 0.29) is 23.5 Å². The van der Waals surface area contributed by atoms with Crippen molar-refractivity contribution in [2.75, 3.05) is 24.6 Å². The van der Waals surface area contributed by atoms with E-state index < -0.39 is 9.84 Å². The van der Waals surface area contributed by atoms with Crippen LogP contribution in [0.5, 0.6) is 0 Å². The van der Waals surface area contributed by atoms with Crippen molar-refractivity contribution in [1.29, 1.82) is 0 Å². The molecule has 1 heterocycles. The van der Waals surface area contributed by atoms with E-state index in [4.69, 9.17) is 0 Å². The first kappa shape index (κ1) is 11.9. The van der Waals surface area contributed by atoms with E-state index in [0.717, 1.165) is 19.5 Å². The van der Waals surface area contributed by atoms with Crippen molar-refractivity contribution >= 4 is 9.84 Å². The first-order valence-electron chi connectivity index (χ1n) is 5.14. The lowest BCUT2D eigenvalue weighted by atomic mass is 9.94. The van der Waals surface area contributed by atoms with E-state index in [1.807, 2.05) is 0 Å². The molecule has 14 heavy (non-hydrogen) atoms. The van der Waals surface area contributed by atoms with Crippen molar-refractivity contribution in [2.24, 2.45) is 5.92 Å². The van der Waals surface area contributed by atoms with Crippen LogP contribution < -0.4 is 5.32 Å². The number of aliphatic hydroxyl groups is 1. The Labute approximate surface area is 85.6 Å². The predicted molar refractivity (Wildman–Crippen MR) is 55.9 cm³/mol. The fourth-order valence-corrected chi connectivity index (χ4v) is 2.63. The zero-order chi connectivity index (χ0) is 10.6. The van der Waals surface area contributed by atoms with Gasteiger partial charge in [-0.15, -0.1) is 0 Å². The van der Waals surface area contributed by atoms with Crippen molar-refractivity contribution in [3.05, 3.63) is 0 Å². The number of piperidine rings is 1. The van der Waals surface area contributed by atoms with E-state index in [9.17, 15) is 13.5 Å². The van der Waals surface area contributed by atoms with Gasteiger partial charge in [-0.05, 0) is 25.3 Å². The summed E-state index contributed by atoms with van der Waals surface area (Å²) in [4.78, 5) is 0. The molecule has 84 valence electrons. The van der Waals surface area contributed by atoms with Gasteiger partial charge in [-0.25, -0.2) is 8.42 Å². The molecule has 1 rings (SSSR count). The van der Waals surface area contributed by atoms with Crippen LogP contribution in [0.25, 0.3) is 0 Å². The summed E-state index contributed by atoms with van der Waals surface area (Å²) in [5, 5.41) is 12.8. The molecule has 2 unspecified atom stereocenters. The Hall–Kier alpha value is -0.130. The van der Waals surface area contributed by atoms with Gasteiger partial charge in [0.15, 0.2) is 0 Å². The molecule has 0 aromatic carbocycles. The molecule has 5 heteroatoms. The fraction of sp³-hybridized carbons (Fsp3) is 1.00. The molecule has 0 spiro atoms. The number of sulfone groups is 1. The highest BCUT2D eigenvalue weighted by atomic mass is 32.2. The van der Waals surface area contributed by atoms with Gasteiger partial charge in [-0.2, -0.15) is 0 Å². The van der Waals surface area contributed by atoms with Gasteiger partial charge in [0.05, 0.1) is 11.9 Å². The Balaban J connectivity index is 2.36. The largest absolute Gasteiger partial charge is 0.393 e. The average Bonchev–Trinajstić information content (AvgIpc) is 2.17. The van der Waals surface area contributed by atoms with Gasteiger partial charge in [0, 0.05) is 12.3 Å².